The van der Waals surface area contributed by atoms with Crippen LogP contribution in [0.15, 0.2) is 30.6 Å². The monoisotopic (exact) mass is 294 g/mol. The normalized spacial score (nSPS) is 10.2. The number of nitro groups is 1. The Kier molecular flexibility index (Phi) is 4.31. The maximum atomic E-state index is 11.8. The number of nitrogens with zero attached hydrogens (tertiary/aromatic N) is 2. The van der Waals surface area contributed by atoms with Gasteiger partial charge in [0.25, 0.3) is 11.6 Å². The Morgan fingerprint density at radius 2 is 2.30 bits per heavy atom. The summed E-state index contributed by atoms with van der Waals surface area (Å²) < 4.78 is 0. The largest absolute Gasteiger partial charge is 0.352 e. The average Bonchev–Trinajstić information content (AvgIpc) is 2.91. The van der Waals surface area contributed by atoms with Crippen LogP contribution in [0.25, 0.3) is 0 Å². The highest BCUT2D eigenvalue weighted by Crippen LogP contribution is 2.24. The summed E-state index contributed by atoms with van der Waals surface area (Å²) in [7, 11) is 0. The highest BCUT2D eigenvalue weighted by Gasteiger charge is 2.15. The number of carbonyl (C=O) groups is 1. The first-order chi connectivity index (χ1) is 9.58. The molecule has 0 radical (unpaired) electrons. The van der Waals surface area contributed by atoms with E-state index in [4.69, 9.17) is 11.6 Å². The first-order valence-electron chi connectivity index (χ1n) is 5.78. The average molecular weight is 295 g/mol. The van der Waals surface area contributed by atoms with Crippen LogP contribution in [0.4, 0.5) is 5.69 Å². The number of halogens is 1. The first kappa shape index (κ1) is 14.0. The Morgan fingerprint density at radius 3 is 2.90 bits per heavy atom. The van der Waals surface area contributed by atoms with Crippen LogP contribution in [0.2, 0.25) is 5.02 Å². The third-order valence-corrected chi connectivity index (χ3v) is 2.91. The van der Waals surface area contributed by atoms with Gasteiger partial charge in [0.1, 0.15) is 10.8 Å². The van der Waals surface area contributed by atoms with Gasteiger partial charge in [-0.25, -0.2) is 4.98 Å². The predicted molar refractivity (Wildman–Crippen MR) is 72.7 cm³/mol. The summed E-state index contributed by atoms with van der Waals surface area (Å²) in [6.07, 6.45) is 3.90. The molecule has 20 heavy (non-hydrogen) atoms. The van der Waals surface area contributed by atoms with Crippen molar-refractivity contribution in [2.24, 2.45) is 0 Å². The van der Waals surface area contributed by atoms with Crippen LogP contribution in [0.1, 0.15) is 16.2 Å². The molecule has 1 amide bonds. The third kappa shape index (κ3) is 3.33. The van der Waals surface area contributed by atoms with Crippen LogP contribution in [0.5, 0.6) is 0 Å². The van der Waals surface area contributed by atoms with Gasteiger partial charge >= 0.3 is 0 Å². The number of hydrogen-bond donors (Lipinski definition) is 2. The van der Waals surface area contributed by atoms with Crippen molar-refractivity contribution >= 4 is 23.2 Å². The predicted octanol–water partition coefficient (Wildman–Crippen LogP) is 1.94. The second-order valence-electron chi connectivity index (χ2n) is 3.97. The molecule has 7 nitrogen and oxygen atoms in total. The van der Waals surface area contributed by atoms with Gasteiger partial charge in [-0.1, -0.05) is 11.6 Å². The minimum atomic E-state index is -0.596. The summed E-state index contributed by atoms with van der Waals surface area (Å²) in [4.78, 5) is 28.8. The first-order valence-corrected chi connectivity index (χ1v) is 6.16. The second-order valence-corrected chi connectivity index (χ2v) is 4.37. The van der Waals surface area contributed by atoms with Crippen molar-refractivity contribution in [3.63, 3.8) is 0 Å². The van der Waals surface area contributed by atoms with Crippen molar-refractivity contribution in [1.82, 2.24) is 15.3 Å². The molecule has 0 atom stereocenters. The number of H-pyrrole nitrogens is 1. The van der Waals surface area contributed by atoms with E-state index < -0.39 is 4.92 Å². The molecule has 2 aromatic rings. The molecule has 0 unspecified atom stereocenters. The maximum absolute atomic E-state index is 11.8. The minimum Gasteiger partial charge on any atom is -0.352 e. The molecule has 0 aliphatic rings. The number of aromatic amines is 1. The van der Waals surface area contributed by atoms with Gasteiger partial charge in [-0.15, -0.1) is 0 Å². The second kappa shape index (κ2) is 6.16. The lowest BCUT2D eigenvalue weighted by atomic mass is 10.2. The zero-order chi connectivity index (χ0) is 14.5. The summed E-state index contributed by atoms with van der Waals surface area (Å²) in [5.41, 5.74) is 0.0545. The number of aromatic nitrogens is 2. The number of rotatable bonds is 5. The molecule has 2 rings (SSSR count). The summed E-state index contributed by atoms with van der Waals surface area (Å²) in [6, 6.07) is 3.86. The Hall–Kier alpha value is -2.41. The summed E-state index contributed by atoms with van der Waals surface area (Å²) >= 11 is 5.75. The van der Waals surface area contributed by atoms with Crippen LogP contribution in [-0.2, 0) is 6.42 Å². The Morgan fingerprint density at radius 1 is 1.50 bits per heavy atom. The van der Waals surface area contributed by atoms with E-state index in [2.05, 4.69) is 15.3 Å². The minimum absolute atomic E-state index is 0.0614. The zero-order valence-electron chi connectivity index (χ0n) is 10.3. The molecule has 1 aromatic carbocycles. The van der Waals surface area contributed by atoms with E-state index in [0.717, 1.165) is 5.82 Å². The fourth-order valence-corrected chi connectivity index (χ4v) is 1.88. The highest BCUT2D eigenvalue weighted by molar-refractivity contribution is 6.33. The molecule has 1 heterocycles. The number of nitrogens with one attached hydrogen (secondary N) is 2. The summed E-state index contributed by atoms with van der Waals surface area (Å²) in [5.74, 6) is 0.431. The van der Waals surface area contributed by atoms with E-state index in [1.807, 2.05) is 0 Å². The van der Waals surface area contributed by atoms with Gasteiger partial charge in [0.05, 0.1) is 4.92 Å². The molecule has 0 spiro atoms. The lowest BCUT2D eigenvalue weighted by Gasteiger charge is -2.04. The SMILES string of the molecule is O=C(NCCc1ncc[nH]1)c1ccc([N+](=O)[O-])c(Cl)c1. The summed E-state index contributed by atoms with van der Waals surface area (Å²) in [5, 5.41) is 13.2. The lowest BCUT2D eigenvalue weighted by Crippen LogP contribution is -2.25. The van der Waals surface area contributed by atoms with Crippen LogP contribution < -0.4 is 5.32 Å². The molecular weight excluding hydrogens is 284 g/mol. The van der Waals surface area contributed by atoms with Gasteiger partial charge in [-0.2, -0.15) is 0 Å². The van der Waals surface area contributed by atoms with Crippen LogP contribution in [0, 0.1) is 10.1 Å². The zero-order valence-corrected chi connectivity index (χ0v) is 11.1. The Labute approximate surface area is 119 Å². The molecule has 2 N–H and O–H groups in total. The quantitative estimate of drug-likeness (QED) is 0.650. The topological polar surface area (TPSA) is 101 Å². The molecular formula is C12H11ClN4O3. The fraction of sp³-hybridized carbons (Fsp3) is 0.167. The molecule has 0 fully saturated rings. The number of amides is 1. The summed E-state index contributed by atoms with van der Waals surface area (Å²) in [6.45, 7) is 0.404. The van der Waals surface area contributed by atoms with Gasteiger partial charge in [-0.05, 0) is 12.1 Å². The Bertz CT molecular complexity index is 628. The van der Waals surface area contributed by atoms with Crippen molar-refractivity contribution < 1.29 is 9.72 Å². The standard InChI is InChI=1S/C12H11ClN4O3/c13-9-7-8(1-2-10(9)17(19)20)12(18)16-4-3-11-14-5-6-15-11/h1-2,5-7H,3-4H2,(H,14,15)(H,16,18). The van der Waals surface area contributed by atoms with Gasteiger partial charge in [0.15, 0.2) is 0 Å². The van der Waals surface area contributed by atoms with E-state index in [1.165, 1.54) is 18.2 Å². The van der Waals surface area contributed by atoms with Crippen molar-refractivity contribution in [2.45, 2.75) is 6.42 Å². The van der Waals surface area contributed by atoms with E-state index >= 15 is 0 Å². The van der Waals surface area contributed by atoms with Crippen LogP contribution in [0.3, 0.4) is 0 Å². The number of hydrogen-bond acceptors (Lipinski definition) is 4. The van der Waals surface area contributed by atoms with E-state index in [-0.39, 0.29) is 22.2 Å². The van der Waals surface area contributed by atoms with Crippen molar-refractivity contribution in [3.8, 4) is 0 Å². The number of benzene rings is 1. The van der Waals surface area contributed by atoms with Gasteiger partial charge < -0.3 is 10.3 Å². The van der Waals surface area contributed by atoms with Crippen molar-refractivity contribution in [3.05, 3.63) is 57.1 Å². The highest BCUT2D eigenvalue weighted by atomic mass is 35.5. The molecule has 104 valence electrons. The molecule has 8 heteroatoms. The third-order valence-electron chi connectivity index (χ3n) is 2.61. The molecule has 1 aromatic heterocycles. The lowest BCUT2D eigenvalue weighted by molar-refractivity contribution is -0.384. The molecule has 0 aliphatic heterocycles. The number of carbonyl (C=O) groups excluding carboxylic acids is 1. The van der Waals surface area contributed by atoms with E-state index in [1.54, 1.807) is 12.4 Å². The van der Waals surface area contributed by atoms with Crippen molar-refractivity contribution in [2.75, 3.05) is 6.54 Å². The van der Waals surface area contributed by atoms with Gasteiger partial charge in [0.2, 0.25) is 0 Å². The molecule has 0 aliphatic carbocycles. The van der Waals surface area contributed by atoms with E-state index in [0.29, 0.717) is 13.0 Å². The maximum Gasteiger partial charge on any atom is 0.287 e. The molecule has 0 bridgehead atoms. The smallest absolute Gasteiger partial charge is 0.287 e. The fourth-order valence-electron chi connectivity index (χ4n) is 1.63. The molecule has 0 saturated carbocycles. The van der Waals surface area contributed by atoms with Crippen LogP contribution in [-0.4, -0.2) is 27.3 Å². The van der Waals surface area contributed by atoms with Gasteiger partial charge in [0, 0.05) is 37.0 Å². The number of imidazole rings is 1. The Balaban J connectivity index is 1.95. The molecule has 0 saturated heterocycles. The van der Waals surface area contributed by atoms with E-state index in [9.17, 15) is 14.9 Å². The number of nitro benzene ring substituents is 1. The van der Waals surface area contributed by atoms with Gasteiger partial charge in [-0.3, -0.25) is 14.9 Å². The van der Waals surface area contributed by atoms with Crippen LogP contribution >= 0.6 is 11.6 Å². The van der Waals surface area contributed by atoms with Crippen molar-refractivity contribution in [1.29, 1.82) is 0 Å².